The Morgan fingerprint density at radius 2 is 2.05 bits per heavy atom. The molecule has 1 aliphatic rings. The summed E-state index contributed by atoms with van der Waals surface area (Å²) in [5.41, 5.74) is 1.84. The van der Waals surface area contributed by atoms with E-state index in [9.17, 15) is 0 Å². The molecule has 1 atom stereocenters. The van der Waals surface area contributed by atoms with E-state index in [0.29, 0.717) is 17.5 Å². The molecule has 21 heavy (non-hydrogen) atoms. The largest absolute Gasteiger partial charge is 0.357 e. The average molecular weight is 289 g/mol. The molecule has 0 amide bonds. The van der Waals surface area contributed by atoms with Gasteiger partial charge in [-0.1, -0.05) is 20.8 Å². The Hall–Kier alpha value is -1.09. The maximum atomic E-state index is 4.59. The summed E-state index contributed by atoms with van der Waals surface area (Å²) in [6.45, 7) is 10.1. The highest BCUT2D eigenvalue weighted by Gasteiger charge is 2.29. The van der Waals surface area contributed by atoms with Crippen molar-refractivity contribution in [1.29, 1.82) is 0 Å². The fourth-order valence-electron chi connectivity index (χ4n) is 3.28. The third-order valence-corrected chi connectivity index (χ3v) is 5.00. The minimum Gasteiger partial charge on any atom is -0.357 e. The van der Waals surface area contributed by atoms with Crippen molar-refractivity contribution in [3.05, 3.63) is 23.9 Å². The van der Waals surface area contributed by atoms with Crippen LogP contribution in [0, 0.1) is 5.41 Å². The fraction of sp³-hybridized carbons (Fsp3) is 0.722. The Labute approximate surface area is 130 Å². The second-order valence-electron chi connectivity index (χ2n) is 7.23. The van der Waals surface area contributed by atoms with Crippen molar-refractivity contribution < 1.29 is 0 Å². The molecular weight excluding hydrogens is 258 g/mol. The third kappa shape index (κ3) is 4.19. The second kappa shape index (κ2) is 6.78. The fourth-order valence-corrected chi connectivity index (χ4v) is 3.28. The normalized spacial score (nSPS) is 20.2. The first-order valence-corrected chi connectivity index (χ1v) is 8.35. The van der Waals surface area contributed by atoms with Crippen LogP contribution >= 0.6 is 0 Å². The summed E-state index contributed by atoms with van der Waals surface area (Å²) in [6.07, 6.45) is 7.13. The monoisotopic (exact) mass is 289 g/mol. The lowest BCUT2D eigenvalue weighted by Gasteiger charge is -2.39. The molecule has 1 aromatic rings. The van der Waals surface area contributed by atoms with Gasteiger partial charge in [0.1, 0.15) is 5.82 Å². The first kappa shape index (κ1) is 16.3. The van der Waals surface area contributed by atoms with Gasteiger partial charge in [0.25, 0.3) is 0 Å². The molecule has 1 aliphatic carbocycles. The van der Waals surface area contributed by atoms with E-state index in [0.717, 1.165) is 12.4 Å². The molecule has 0 saturated heterocycles. The molecule has 0 spiro atoms. The maximum Gasteiger partial charge on any atom is 0.128 e. The standard InChI is InChI=1S/C18H31N3/c1-6-19-14(2)15-9-12-20-17(13-15)21(5)16-7-10-18(3,4)11-8-16/h9,12-14,16,19H,6-8,10-11H2,1-5H3. The lowest BCUT2D eigenvalue weighted by molar-refractivity contribution is 0.222. The van der Waals surface area contributed by atoms with Gasteiger partial charge in [0.15, 0.2) is 0 Å². The number of anilines is 1. The van der Waals surface area contributed by atoms with Gasteiger partial charge in [0.2, 0.25) is 0 Å². The van der Waals surface area contributed by atoms with Crippen LogP contribution in [0.4, 0.5) is 5.82 Å². The average Bonchev–Trinajstić information content (AvgIpc) is 2.47. The third-order valence-electron chi connectivity index (χ3n) is 5.00. The van der Waals surface area contributed by atoms with E-state index in [1.165, 1.54) is 31.2 Å². The SMILES string of the molecule is CCNC(C)c1ccnc(N(C)C2CCC(C)(C)CC2)c1. The molecule has 0 bridgehead atoms. The van der Waals surface area contributed by atoms with E-state index in [-0.39, 0.29) is 0 Å². The molecule has 1 unspecified atom stereocenters. The minimum absolute atomic E-state index is 0.385. The molecule has 1 fully saturated rings. The minimum atomic E-state index is 0.385. The number of hydrogen-bond acceptors (Lipinski definition) is 3. The van der Waals surface area contributed by atoms with Crippen LogP contribution in [0.1, 0.15) is 65.0 Å². The Morgan fingerprint density at radius 3 is 2.67 bits per heavy atom. The van der Waals surface area contributed by atoms with Crippen LogP contribution in [0.2, 0.25) is 0 Å². The van der Waals surface area contributed by atoms with Crippen LogP contribution < -0.4 is 10.2 Å². The maximum absolute atomic E-state index is 4.59. The van der Waals surface area contributed by atoms with Gasteiger partial charge in [-0.05, 0) is 62.3 Å². The number of aromatic nitrogens is 1. The highest BCUT2D eigenvalue weighted by Crippen LogP contribution is 2.37. The van der Waals surface area contributed by atoms with Gasteiger partial charge < -0.3 is 10.2 Å². The predicted molar refractivity (Wildman–Crippen MR) is 90.8 cm³/mol. The van der Waals surface area contributed by atoms with E-state index >= 15 is 0 Å². The molecule has 1 heterocycles. The summed E-state index contributed by atoms with van der Waals surface area (Å²) in [7, 11) is 2.20. The molecule has 0 aliphatic heterocycles. The van der Waals surface area contributed by atoms with Crippen molar-refractivity contribution in [2.45, 2.75) is 65.5 Å². The zero-order valence-electron chi connectivity index (χ0n) is 14.3. The highest BCUT2D eigenvalue weighted by molar-refractivity contribution is 5.42. The first-order chi connectivity index (χ1) is 9.93. The molecule has 0 radical (unpaired) electrons. The summed E-state index contributed by atoms with van der Waals surface area (Å²) >= 11 is 0. The summed E-state index contributed by atoms with van der Waals surface area (Å²) in [4.78, 5) is 6.98. The molecule has 118 valence electrons. The molecule has 1 aromatic heterocycles. The summed E-state index contributed by atoms with van der Waals surface area (Å²) in [6, 6.07) is 5.38. The highest BCUT2D eigenvalue weighted by atomic mass is 15.2. The first-order valence-electron chi connectivity index (χ1n) is 8.35. The summed E-state index contributed by atoms with van der Waals surface area (Å²) in [5.74, 6) is 1.11. The van der Waals surface area contributed by atoms with Crippen LogP contribution in [0.5, 0.6) is 0 Å². The molecule has 1 N–H and O–H groups in total. The molecule has 1 saturated carbocycles. The predicted octanol–water partition coefficient (Wildman–Crippen LogP) is 4.16. The zero-order valence-corrected chi connectivity index (χ0v) is 14.3. The van der Waals surface area contributed by atoms with Crippen LogP contribution in [0.3, 0.4) is 0 Å². The number of rotatable bonds is 5. The van der Waals surface area contributed by atoms with Gasteiger partial charge in [0, 0.05) is 25.3 Å². The zero-order chi connectivity index (χ0) is 15.5. The van der Waals surface area contributed by atoms with E-state index in [2.05, 4.69) is 62.1 Å². The van der Waals surface area contributed by atoms with Gasteiger partial charge in [-0.15, -0.1) is 0 Å². The van der Waals surface area contributed by atoms with Crippen molar-refractivity contribution >= 4 is 5.82 Å². The summed E-state index contributed by atoms with van der Waals surface area (Å²) in [5, 5.41) is 3.47. The Bertz CT molecular complexity index is 446. The Balaban J connectivity index is 2.06. The topological polar surface area (TPSA) is 28.2 Å². The van der Waals surface area contributed by atoms with Crippen LogP contribution in [-0.2, 0) is 0 Å². The van der Waals surface area contributed by atoms with Crippen molar-refractivity contribution in [1.82, 2.24) is 10.3 Å². The number of nitrogens with one attached hydrogen (secondary N) is 1. The van der Waals surface area contributed by atoms with Crippen molar-refractivity contribution in [2.24, 2.45) is 5.41 Å². The van der Waals surface area contributed by atoms with Gasteiger partial charge in [0.05, 0.1) is 0 Å². The van der Waals surface area contributed by atoms with Crippen molar-refractivity contribution in [3.63, 3.8) is 0 Å². The Morgan fingerprint density at radius 1 is 1.38 bits per heavy atom. The van der Waals surface area contributed by atoms with Crippen molar-refractivity contribution in [2.75, 3.05) is 18.5 Å². The Kier molecular flexibility index (Phi) is 5.26. The van der Waals surface area contributed by atoms with E-state index < -0.39 is 0 Å². The van der Waals surface area contributed by atoms with Crippen molar-refractivity contribution in [3.8, 4) is 0 Å². The molecule has 0 aromatic carbocycles. The van der Waals surface area contributed by atoms with Gasteiger partial charge >= 0.3 is 0 Å². The number of pyridine rings is 1. The number of hydrogen-bond donors (Lipinski definition) is 1. The van der Waals surface area contributed by atoms with E-state index in [1.54, 1.807) is 0 Å². The van der Waals surface area contributed by atoms with E-state index in [4.69, 9.17) is 0 Å². The second-order valence-corrected chi connectivity index (χ2v) is 7.23. The molecule has 3 heteroatoms. The molecule has 2 rings (SSSR count). The molecular formula is C18H31N3. The lowest BCUT2D eigenvalue weighted by Crippen LogP contribution is -2.37. The van der Waals surface area contributed by atoms with Gasteiger partial charge in [-0.25, -0.2) is 4.98 Å². The van der Waals surface area contributed by atoms with Gasteiger partial charge in [-0.2, -0.15) is 0 Å². The number of nitrogens with zero attached hydrogens (tertiary/aromatic N) is 2. The van der Waals surface area contributed by atoms with E-state index in [1.807, 2.05) is 6.20 Å². The summed E-state index contributed by atoms with van der Waals surface area (Å²) < 4.78 is 0. The quantitative estimate of drug-likeness (QED) is 0.882. The smallest absolute Gasteiger partial charge is 0.128 e. The van der Waals surface area contributed by atoms with Crippen LogP contribution in [0.25, 0.3) is 0 Å². The van der Waals surface area contributed by atoms with Crippen LogP contribution in [-0.4, -0.2) is 24.6 Å². The molecule has 3 nitrogen and oxygen atoms in total. The lowest BCUT2D eigenvalue weighted by atomic mass is 9.75. The van der Waals surface area contributed by atoms with Crippen LogP contribution in [0.15, 0.2) is 18.3 Å². The van der Waals surface area contributed by atoms with Gasteiger partial charge in [-0.3, -0.25) is 0 Å².